The Balaban J connectivity index is 0.00000320. The van der Waals surface area contributed by atoms with Gasteiger partial charge in [-0.3, -0.25) is 14.9 Å². The normalized spacial score (nSPS) is 24.2. The summed E-state index contributed by atoms with van der Waals surface area (Å²) in [4.78, 5) is 37.8. The van der Waals surface area contributed by atoms with Crippen molar-refractivity contribution >= 4 is 53.6 Å². The Morgan fingerprint density at radius 1 is 1.30 bits per heavy atom. The third kappa shape index (κ3) is 6.24. The summed E-state index contributed by atoms with van der Waals surface area (Å²) >= 11 is 7.61. The van der Waals surface area contributed by atoms with E-state index in [2.05, 4.69) is 10.6 Å². The van der Waals surface area contributed by atoms with E-state index in [1.54, 1.807) is 36.0 Å². The van der Waals surface area contributed by atoms with Crippen LogP contribution < -0.4 is 10.6 Å². The number of carboxylic acids is 1. The standard InChI is InChI=1S/C19H24ClN3O5S.ClH/c20-13-3-1-11(2-4-13)12(7-21-18(26)15-9-29-10-22-15)5-17(25)23-8-14(24)6-16(23)19(27)28;/h1-4,12,14-16,22,24H,5-10H2,(H,21,26)(H,27,28);1H/t12-,14?,15+,16+;/m1./s1. The van der Waals surface area contributed by atoms with Crippen molar-refractivity contribution in [2.24, 2.45) is 0 Å². The molecule has 30 heavy (non-hydrogen) atoms. The number of hydrogen-bond donors (Lipinski definition) is 4. The molecule has 11 heteroatoms. The Labute approximate surface area is 190 Å². The Morgan fingerprint density at radius 2 is 2.00 bits per heavy atom. The second-order valence-corrected chi connectivity index (χ2v) is 8.73. The molecule has 0 saturated carbocycles. The van der Waals surface area contributed by atoms with Crippen molar-refractivity contribution < 1.29 is 24.6 Å². The molecule has 2 heterocycles. The van der Waals surface area contributed by atoms with Gasteiger partial charge in [0.15, 0.2) is 0 Å². The number of thioether (sulfide) groups is 1. The minimum atomic E-state index is -1.13. The fourth-order valence-corrected chi connectivity index (χ4v) is 4.67. The average molecular weight is 478 g/mol. The molecule has 0 spiro atoms. The molecule has 4 N–H and O–H groups in total. The fraction of sp³-hybridized carbons (Fsp3) is 0.526. The van der Waals surface area contributed by atoms with E-state index in [-0.39, 0.29) is 62.1 Å². The van der Waals surface area contributed by atoms with Gasteiger partial charge in [0.25, 0.3) is 0 Å². The van der Waals surface area contributed by atoms with Gasteiger partial charge in [-0.15, -0.1) is 24.2 Å². The summed E-state index contributed by atoms with van der Waals surface area (Å²) in [6, 6.07) is 5.73. The van der Waals surface area contributed by atoms with Gasteiger partial charge in [0.05, 0.1) is 12.1 Å². The molecule has 166 valence electrons. The fourth-order valence-electron chi connectivity index (χ4n) is 3.60. The number of carboxylic acid groups (broad SMARTS) is 1. The molecule has 2 fully saturated rings. The van der Waals surface area contributed by atoms with Gasteiger partial charge in [-0.2, -0.15) is 0 Å². The number of aliphatic carboxylic acids is 1. The van der Waals surface area contributed by atoms with E-state index in [9.17, 15) is 24.6 Å². The molecule has 2 amide bonds. The lowest BCUT2D eigenvalue weighted by molar-refractivity contribution is -0.148. The zero-order valence-corrected chi connectivity index (χ0v) is 18.5. The topological polar surface area (TPSA) is 119 Å². The van der Waals surface area contributed by atoms with Crippen molar-refractivity contribution in [1.82, 2.24) is 15.5 Å². The number of nitrogens with one attached hydrogen (secondary N) is 2. The van der Waals surface area contributed by atoms with E-state index in [1.807, 2.05) is 0 Å². The molecule has 1 unspecified atom stereocenters. The van der Waals surface area contributed by atoms with Crippen LogP contribution in [0.1, 0.15) is 24.3 Å². The minimum absolute atomic E-state index is 0. The monoisotopic (exact) mass is 477 g/mol. The summed E-state index contributed by atoms with van der Waals surface area (Å²) in [6.45, 7) is 0.238. The molecule has 1 aromatic carbocycles. The average Bonchev–Trinajstić information content (AvgIpc) is 3.35. The number of hydrogen-bond acceptors (Lipinski definition) is 6. The molecular formula is C19H25Cl2N3O5S. The Bertz CT molecular complexity index is 761. The maximum Gasteiger partial charge on any atom is 0.326 e. The zero-order valence-electron chi connectivity index (χ0n) is 16.1. The van der Waals surface area contributed by atoms with Crippen LogP contribution in [-0.2, 0) is 14.4 Å². The van der Waals surface area contributed by atoms with E-state index in [1.165, 1.54) is 4.90 Å². The number of nitrogens with zero attached hydrogens (tertiary/aromatic N) is 1. The number of aliphatic hydroxyl groups is 1. The van der Waals surface area contributed by atoms with E-state index in [4.69, 9.17) is 11.6 Å². The summed E-state index contributed by atoms with van der Waals surface area (Å²) in [5, 5.41) is 25.7. The largest absolute Gasteiger partial charge is 0.480 e. The van der Waals surface area contributed by atoms with Crippen molar-refractivity contribution in [3.8, 4) is 0 Å². The molecule has 2 aliphatic heterocycles. The van der Waals surface area contributed by atoms with E-state index in [0.29, 0.717) is 10.8 Å². The Kier molecular flexibility index (Phi) is 9.24. The highest BCUT2D eigenvalue weighted by Gasteiger charge is 2.39. The summed E-state index contributed by atoms with van der Waals surface area (Å²) in [7, 11) is 0. The molecular weight excluding hydrogens is 453 g/mol. The van der Waals surface area contributed by atoms with Gasteiger partial charge in [0.1, 0.15) is 6.04 Å². The Hall–Kier alpha value is -1.52. The molecule has 4 atom stereocenters. The first kappa shape index (κ1) is 24.7. The van der Waals surface area contributed by atoms with Gasteiger partial charge in [-0.05, 0) is 17.7 Å². The van der Waals surface area contributed by atoms with Crippen molar-refractivity contribution in [1.29, 1.82) is 0 Å². The van der Waals surface area contributed by atoms with Gasteiger partial charge in [0, 0.05) is 48.5 Å². The number of carbonyl (C=O) groups excluding carboxylic acids is 2. The SMILES string of the molecule is Cl.O=C(NC[C@@H](CC(=O)N1CC(O)C[C@H]1C(=O)O)c1ccc(Cl)cc1)[C@@H]1CSCN1. The maximum atomic E-state index is 12.9. The van der Waals surface area contributed by atoms with Crippen LogP contribution in [0.5, 0.6) is 0 Å². The molecule has 2 aliphatic rings. The van der Waals surface area contributed by atoms with Crippen LogP contribution in [0, 0.1) is 0 Å². The van der Waals surface area contributed by atoms with E-state index in [0.717, 1.165) is 11.4 Å². The molecule has 3 rings (SSSR count). The van der Waals surface area contributed by atoms with Crippen LogP contribution in [0.25, 0.3) is 0 Å². The molecule has 0 aliphatic carbocycles. The van der Waals surface area contributed by atoms with Crippen LogP contribution in [0.15, 0.2) is 24.3 Å². The first-order valence-corrected chi connectivity index (χ1v) is 10.9. The quantitative estimate of drug-likeness (QED) is 0.463. The van der Waals surface area contributed by atoms with Gasteiger partial charge in [-0.25, -0.2) is 4.79 Å². The van der Waals surface area contributed by atoms with Crippen molar-refractivity contribution in [3.63, 3.8) is 0 Å². The zero-order chi connectivity index (χ0) is 21.0. The third-order valence-electron chi connectivity index (χ3n) is 5.20. The molecule has 0 bridgehead atoms. The van der Waals surface area contributed by atoms with Gasteiger partial charge in [0.2, 0.25) is 11.8 Å². The predicted octanol–water partition coefficient (Wildman–Crippen LogP) is 1.06. The lowest BCUT2D eigenvalue weighted by Gasteiger charge is -2.25. The smallest absolute Gasteiger partial charge is 0.326 e. The second-order valence-electron chi connectivity index (χ2n) is 7.26. The van der Waals surface area contributed by atoms with Crippen LogP contribution in [0.2, 0.25) is 5.02 Å². The van der Waals surface area contributed by atoms with Gasteiger partial charge in [-0.1, -0.05) is 23.7 Å². The first-order chi connectivity index (χ1) is 13.8. The molecule has 2 saturated heterocycles. The number of amides is 2. The third-order valence-corrected chi connectivity index (χ3v) is 6.39. The van der Waals surface area contributed by atoms with Crippen LogP contribution >= 0.6 is 35.8 Å². The number of aliphatic hydroxyl groups excluding tert-OH is 1. The number of carbonyl (C=O) groups is 3. The van der Waals surface area contributed by atoms with E-state index >= 15 is 0 Å². The predicted molar refractivity (Wildman–Crippen MR) is 117 cm³/mol. The summed E-state index contributed by atoms with van der Waals surface area (Å²) < 4.78 is 0. The van der Waals surface area contributed by atoms with Crippen LogP contribution in [0.3, 0.4) is 0 Å². The highest BCUT2D eigenvalue weighted by molar-refractivity contribution is 7.99. The number of β-amino-alcohol motifs (C(OH)–C–C–N with tert-alkyl or cyclic N) is 1. The number of benzene rings is 1. The summed E-state index contributed by atoms with van der Waals surface area (Å²) in [6.07, 6.45) is -0.806. The molecule has 0 radical (unpaired) electrons. The van der Waals surface area contributed by atoms with Crippen molar-refractivity contribution in [2.45, 2.75) is 36.9 Å². The lowest BCUT2D eigenvalue weighted by atomic mass is 9.94. The van der Waals surface area contributed by atoms with E-state index < -0.39 is 18.1 Å². The number of rotatable bonds is 7. The lowest BCUT2D eigenvalue weighted by Crippen LogP contribution is -2.44. The second kappa shape index (κ2) is 11.2. The van der Waals surface area contributed by atoms with Crippen LogP contribution in [0.4, 0.5) is 0 Å². The van der Waals surface area contributed by atoms with Crippen LogP contribution in [-0.4, -0.2) is 75.8 Å². The highest BCUT2D eigenvalue weighted by atomic mass is 35.5. The van der Waals surface area contributed by atoms with Gasteiger partial charge < -0.3 is 20.4 Å². The van der Waals surface area contributed by atoms with Crippen molar-refractivity contribution in [3.05, 3.63) is 34.9 Å². The summed E-state index contributed by atoms with van der Waals surface area (Å²) in [5.74, 6) is -0.534. The van der Waals surface area contributed by atoms with Gasteiger partial charge >= 0.3 is 5.97 Å². The Morgan fingerprint density at radius 3 is 2.60 bits per heavy atom. The number of halogens is 2. The first-order valence-electron chi connectivity index (χ1n) is 9.39. The molecule has 1 aromatic rings. The number of likely N-dealkylation sites (tertiary alicyclic amines) is 1. The highest BCUT2D eigenvalue weighted by Crippen LogP contribution is 2.26. The summed E-state index contributed by atoms with van der Waals surface area (Å²) in [5.41, 5.74) is 0.823. The van der Waals surface area contributed by atoms with Crippen molar-refractivity contribution in [2.75, 3.05) is 24.7 Å². The maximum absolute atomic E-state index is 12.9. The minimum Gasteiger partial charge on any atom is -0.480 e. The molecule has 0 aromatic heterocycles. The molecule has 8 nitrogen and oxygen atoms in total.